The van der Waals surface area contributed by atoms with Gasteiger partial charge in [-0.05, 0) is 36.1 Å². The molecule has 0 aliphatic carbocycles. The minimum absolute atomic E-state index is 0. The van der Waals surface area contributed by atoms with Crippen LogP contribution < -0.4 is 15.8 Å². The molecule has 136 valence electrons. The number of thioether (sulfide) groups is 1. The fourth-order valence-corrected chi connectivity index (χ4v) is 2.41. The second-order valence-corrected chi connectivity index (χ2v) is 6.16. The lowest BCUT2D eigenvalue weighted by molar-refractivity contribution is -0.122. The van der Waals surface area contributed by atoms with Crippen molar-refractivity contribution < 1.29 is 13.9 Å². The van der Waals surface area contributed by atoms with Crippen LogP contribution in [-0.2, 0) is 11.3 Å². The molecule has 0 saturated heterocycles. The Hall–Kier alpha value is -1.83. The van der Waals surface area contributed by atoms with E-state index >= 15 is 0 Å². The van der Waals surface area contributed by atoms with Gasteiger partial charge in [-0.15, -0.1) is 12.4 Å². The van der Waals surface area contributed by atoms with E-state index in [9.17, 15) is 9.18 Å². The fraction of sp³-hybridized carbons (Fsp3) is 0.294. The van der Waals surface area contributed by atoms with E-state index in [4.69, 9.17) is 10.5 Å². The average molecular weight is 386 g/mol. The van der Waals surface area contributed by atoms with E-state index in [1.807, 2.05) is 6.26 Å². The van der Waals surface area contributed by atoms with Crippen molar-refractivity contribution in [1.29, 1.82) is 0 Å². The van der Waals surface area contributed by atoms with Gasteiger partial charge in [-0.2, -0.15) is 11.8 Å². The number of hydrogen-bond donors (Lipinski definition) is 2. The molecule has 0 radical (unpaired) electrons. The molecule has 0 unspecified atom stereocenters. The second-order valence-electron chi connectivity index (χ2n) is 5.17. The van der Waals surface area contributed by atoms with Gasteiger partial charge in [-0.25, -0.2) is 9.37 Å². The molecule has 0 saturated carbocycles. The largest absolute Gasteiger partial charge is 0.439 e. The number of aromatic nitrogens is 1. The highest BCUT2D eigenvalue weighted by molar-refractivity contribution is 7.98. The Morgan fingerprint density at radius 1 is 1.40 bits per heavy atom. The van der Waals surface area contributed by atoms with Crippen LogP contribution in [0.1, 0.15) is 12.0 Å². The van der Waals surface area contributed by atoms with Gasteiger partial charge in [0, 0.05) is 24.9 Å². The van der Waals surface area contributed by atoms with Gasteiger partial charge in [-0.1, -0.05) is 12.1 Å². The lowest BCUT2D eigenvalue weighted by atomic mass is 10.2. The number of hydrogen-bond acceptors (Lipinski definition) is 5. The second kappa shape index (κ2) is 10.9. The van der Waals surface area contributed by atoms with Crippen molar-refractivity contribution in [2.24, 2.45) is 5.73 Å². The van der Waals surface area contributed by atoms with E-state index < -0.39 is 6.04 Å². The lowest BCUT2D eigenvalue weighted by Crippen LogP contribution is -2.40. The predicted molar refractivity (Wildman–Crippen MR) is 101 cm³/mol. The van der Waals surface area contributed by atoms with Gasteiger partial charge in [0.15, 0.2) is 0 Å². The number of benzene rings is 1. The Labute approximate surface area is 157 Å². The monoisotopic (exact) mass is 385 g/mol. The van der Waals surface area contributed by atoms with Gasteiger partial charge >= 0.3 is 0 Å². The Balaban J connectivity index is 0.00000312. The van der Waals surface area contributed by atoms with Gasteiger partial charge in [0.2, 0.25) is 11.8 Å². The van der Waals surface area contributed by atoms with Crippen LogP contribution in [0.2, 0.25) is 0 Å². The molecule has 1 heterocycles. The van der Waals surface area contributed by atoms with E-state index in [1.165, 1.54) is 12.1 Å². The molecule has 3 N–H and O–H groups in total. The third kappa shape index (κ3) is 7.29. The van der Waals surface area contributed by atoms with E-state index in [2.05, 4.69) is 10.3 Å². The molecular weight excluding hydrogens is 365 g/mol. The molecule has 5 nitrogen and oxygen atoms in total. The summed E-state index contributed by atoms with van der Waals surface area (Å²) in [7, 11) is 0. The molecule has 1 aromatic heterocycles. The van der Waals surface area contributed by atoms with Gasteiger partial charge in [0.1, 0.15) is 11.6 Å². The first kappa shape index (κ1) is 21.2. The van der Waals surface area contributed by atoms with Crippen molar-refractivity contribution in [2.45, 2.75) is 19.0 Å². The Morgan fingerprint density at radius 2 is 2.20 bits per heavy atom. The number of carbonyl (C=O) groups is 1. The maximum Gasteiger partial charge on any atom is 0.237 e. The molecule has 8 heteroatoms. The highest BCUT2D eigenvalue weighted by Crippen LogP contribution is 2.19. The minimum Gasteiger partial charge on any atom is -0.439 e. The Kier molecular flexibility index (Phi) is 9.26. The van der Waals surface area contributed by atoms with Crippen LogP contribution in [0, 0.1) is 5.82 Å². The summed E-state index contributed by atoms with van der Waals surface area (Å²) in [5.41, 5.74) is 6.62. The zero-order chi connectivity index (χ0) is 17.4. The summed E-state index contributed by atoms with van der Waals surface area (Å²) >= 11 is 1.66. The van der Waals surface area contributed by atoms with Crippen molar-refractivity contribution in [3.8, 4) is 11.6 Å². The number of nitrogens with one attached hydrogen (secondary N) is 1. The number of halogens is 2. The molecule has 2 aromatic rings. The quantitative estimate of drug-likeness (QED) is 0.730. The molecule has 1 atom stereocenters. The van der Waals surface area contributed by atoms with Crippen LogP contribution in [0.4, 0.5) is 4.39 Å². The molecule has 0 fully saturated rings. The Bertz CT molecular complexity index is 673. The van der Waals surface area contributed by atoms with E-state index in [-0.39, 0.29) is 24.1 Å². The Morgan fingerprint density at radius 3 is 2.84 bits per heavy atom. The van der Waals surface area contributed by atoms with Crippen LogP contribution in [0.15, 0.2) is 42.6 Å². The summed E-state index contributed by atoms with van der Waals surface area (Å²) in [6.45, 7) is 0.346. The van der Waals surface area contributed by atoms with E-state index in [0.717, 1.165) is 11.3 Å². The van der Waals surface area contributed by atoms with Gasteiger partial charge in [-0.3, -0.25) is 4.79 Å². The van der Waals surface area contributed by atoms with Crippen molar-refractivity contribution >= 4 is 30.1 Å². The van der Waals surface area contributed by atoms with Crippen LogP contribution in [0.3, 0.4) is 0 Å². The number of carbonyl (C=O) groups excluding carboxylic acids is 1. The summed E-state index contributed by atoms with van der Waals surface area (Å²) in [6.07, 6.45) is 4.22. The summed E-state index contributed by atoms with van der Waals surface area (Å²) < 4.78 is 18.6. The number of ether oxygens (including phenoxy) is 1. The van der Waals surface area contributed by atoms with Crippen LogP contribution in [0.25, 0.3) is 0 Å². The molecule has 2 rings (SSSR count). The van der Waals surface area contributed by atoms with Crippen LogP contribution in [0.5, 0.6) is 11.6 Å². The minimum atomic E-state index is -0.499. The number of rotatable bonds is 8. The molecule has 0 aliphatic heterocycles. The van der Waals surface area contributed by atoms with Crippen molar-refractivity contribution in [3.05, 3.63) is 54.0 Å². The smallest absolute Gasteiger partial charge is 0.237 e. The highest BCUT2D eigenvalue weighted by Gasteiger charge is 2.12. The number of nitrogens with two attached hydrogens (primary N) is 1. The molecule has 1 amide bonds. The summed E-state index contributed by atoms with van der Waals surface area (Å²) in [5, 5.41) is 2.78. The van der Waals surface area contributed by atoms with Crippen LogP contribution >= 0.6 is 24.2 Å². The van der Waals surface area contributed by atoms with Gasteiger partial charge in [0.25, 0.3) is 0 Å². The summed E-state index contributed by atoms with van der Waals surface area (Å²) in [4.78, 5) is 16.0. The zero-order valence-corrected chi connectivity index (χ0v) is 15.4. The summed E-state index contributed by atoms with van der Waals surface area (Å²) in [5.74, 6) is 1.03. The normalized spacial score (nSPS) is 11.3. The molecule has 0 spiro atoms. The first-order chi connectivity index (χ1) is 11.6. The maximum atomic E-state index is 13.1. The molecule has 0 aliphatic rings. The maximum absolute atomic E-state index is 13.1. The summed E-state index contributed by atoms with van der Waals surface area (Å²) in [6, 6.07) is 8.79. The zero-order valence-electron chi connectivity index (χ0n) is 13.8. The van der Waals surface area contributed by atoms with Gasteiger partial charge in [0.05, 0.1) is 6.04 Å². The number of amides is 1. The van der Waals surface area contributed by atoms with E-state index in [0.29, 0.717) is 24.6 Å². The third-order valence-corrected chi connectivity index (χ3v) is 3.90. The van der Waals surface area contributed by atoms with Crippen molar-refractivity contribution in [2.75, 3.05) is 12.0 Å². The molecule has 25 heavy (non-hydrogen) atoms. The standard InChI is InChI=1S/C17H20FN3O2S.ClH/c1-24-8-7-15(19)17(22)21-11-12-5-6-16(20-10-12)23-14-4-2-3-13(18)9-14;/h2-6,9-10,15H,7-8,11,19H2,1H3,(H,21,22);1H/t15-;/m0./s1. The van der Waals surface area contributed by atoms with Crippen LogP contribution in [-0.4, -0.2) is 28.9 Å². The van der Waals surface area contributed by atoms with Gasteiger partial charge < -0.3 is 15.8 Å². The molecular formula is C17H21ClFN3O2S. The fourth-order valence-electron chi connectivity index (χ4n) is 1.92. The third-order valence-electron chi connectivity index (χ3n) is 3.25. The average Bonchev–Trinajstić information content (AvgIpc) is 2.58. The molecule has 1 aromatic carbocycles. The van der Waals surface area contributed by atoms with Crippen molar-refractivity contribution in [3.63, 3.8) is 0 Å². The predicted octanol–water partition coefficient (Wildman–Crippen LogP) is 3.13. The lowest BCUT2D eigenvalue weighted by Gasteiger charge is -2.11. The van der Waals surface area contributed by atoms with Crippen molar-refractivity contribution in [1.82, 2.24) is 10.3 Å². The number of pyridine rings is 1. The first-order valence-corrected chi connectivity index (χ1v) is 8.88. The highest BCUT2D eigenvalue weighted by atomic mass is 35.5. The molecule has 0 bridgehead atoms. The number of nitrogens with zero attached hydrogens (tertiary/aromatic N) is 1. The topological polar surface area (TPSA) is 77.2 Å². The first-order valence-electron chi connectivity index (χ1n) is 7.49. The van der Waals surface area contributed by atoms with E-state index in [1.54, 1.807) is 42.2 Å². The SMILES string of the molecule is CSCC[C@H](N)C(=O)NCc1ccc(Oc2cccc(F)c2)nc1.Cl.